The number of anilines is 3. The number of nitrogens with one attached hydrogen (secondary N) is 3. The van der Waals surface area contributed by atoms with Gasteiger partial charge in [-0.25, -0.2) is 4.39 Å². The average molecular weight is 564 g/mol. The fourth-order valence-corrected chi connectivity index (χ4v) is 4.59. The van der Waals surface area contributed by atoms with E-state index in [2.05, 4.69) is 58.0 Å². The van der Waals surface area contributed by atoms with E-state index in [0.717, 1.165) is 21.4 Å². The standard InChI is InChI=1S/C25H17BrClFN8/c26-19-8-17(33-22(23-13-32-36-35-23)6-14-2-1-5-30-11-14)7-18-24(15(10-29)12-31-25(18)19)34-16-3-4-21(28)20(27)9-16/h1-5,7-9,11-13,22,33H,6H2,(H,31,34)(H,32,35,36). The van der Waals surface area contributed by atoms with E-state index in [4.69, 9.17) is 11.6 Å². The van der Waals surface area contributed by atoms with E-state index in [0.29, 0.717) is 34.3 Å². The quantitative estimate of drug-likeness (QED) is 0.212. The number of hydrogen-bond donors (Lipinski definition) is 3. The zero-order chi connectivity index (χ0) is 25.1. The largest absolute Gasteiger partial charge is 0.376 e. The maximum atomic E-state index is 13.7. The number of nitriles is 1. The van der Waals surface area contributed by atoms with Crippen LogP contribution in [0.15, 0.2) is 71.7 Å². The monoisotopic (exact) mass is 562 g/mol. The number of halogens is 3. The highest BCUT2D eigenvalue weighted by atomic mass is 79.9. The molecule has 3 aromatic heterocycles. The number of aromatic amines is 1. The number of fused-ring (bicyclic) bond motifs is 1. The first-order valence-corrected chi connectivity index (χ1v) is 11.9. The third-order valence-electron chi connectivity index (χ3n) is 5.53. The van der Waals surface area contributed by atoms with Crippen molar-refractivity contribution < 1.29 is 4.39 Å². The molecule has 0 bridgehead atoms. The van der Waals surface area contributed by atoms with Crippen LogP contribution in [0.4, 0.5) is 21.5 Å². The summed E-state index contributed by atoms with van der Waals surface area (Å²) in [5.41, 5.74) is 4.58. The zero-order valence-electron chi connectivity index (χ0n) is 18.5. The lowest BCUT2D eigenvalue weighted by atomic mass is 10.0. The molecule has 11 heteroatoms. The van der Waals surface area contributed by atoms with Crippen LogP contribution < -0.4 is 10.6 Å². The number of H-pyrrole nitrogens is 1. The van der Waals surface area contributed by atoms with Gasteiger partial charge < -0.3 is 10.6 Å². The van der Waals surface area contributed by atoms with Gasteiger partial charge in [-0.15, -0.1) is 0 Å². The summed E-state index contributed by atoms with van der Waals surface area (Å²) in [5.74, 6) is -0.524. The molecule has 36 heavy (non-hydrogen) atoms. The molecule has 5 rings (SSSR count). The van der Waals surface area contributed by atoms with E-state index in [9.17, 15) is 9.65 Å². The Balaban J connectivity index is 1.56. The molecule has 0 saturated carbocycles. The van der Waals surface area contributed by atoms with Crippen molar-refractivity contribution in [3.63, 3.8) is 0 Å². The van der Waals surface area contributed by atoms with Gasteiger partial charge >= 0.3 is 0 Å². The highest BCUT2D eigenvalue weighted by Gasteiger charge is 2.18. The molecule has 5 aromatic rings. The SMILES string of the molecule is N#Cc1cnc2c(Br)cc(NC(Cc3cccnc3)c3cn[nH]n3)cc2c1Nc1ccc(F)c(Cl)c1. The Morgan fingerprint density at radius 1 is 1.14 bits per heavy atom. The number of rotatable bonds is 7. The van der Waals surface area contributed by atoms with E-state index in [1.165, 1.54) is 18.3 Å². The van der Waals surface area contributed by atoms with Crippen LogP contribution in [0.5, 0.6) is 0 Å². The Morgan fingerprint density at radius 2 is 2.03 bits per heavy atom. The van der Waals surface area contributed by atoms with Crippen molar-refractivity contribution in [3.8, 4) is 6.07 Å². The van der Waals surface area contributed by atoms with Crippen LogP contribution in [0.3, 0.4) is 0 Å². The van der Waals surface area contributed by atoms with E-state index >= 15 is 0 Å². The summed E-state index contributed by atoms with van der Waals surface area (Å²) in [7, 11) is 0. The maximum absolute atomic E-state index is 13.7. The molecule has 2 aromatic carbocycles. The Kier molecular flexibility index (Phi) is 6.75. The fourth-order valence-electron chi connectivity index (χ4n) is 3.84. The molecule has 1 unspecified atom stereocenters. The Hall–Kier alpha value is -4.07. The number of nitrogens with zero attached hydrogens (tertiary/aromatic N) is 5. The molecule has 3 heterocycles. The smallest absolute Gasteiger partial charge is 0.141 e. The first-order chi connectivity index (χ1) is 17.5. The highest BCUT2D eigenvalue weighted by Crippen LogP contribution is 2.36. The second-order valence-corrected chi connectivity index (χ2v) is 9.19. The predicted octanol–water partition coefficient (Wildman–Crippen LogP) is 6.31. The molecule has 0 saturated heterocycles. The normalized spacial score (nSPS) is 11.7. The molecule has 0 spiro atoms. The summed E-state index contributed by atoms with van der Waals surface area (Å²) < 4.78 is 14.4. The van der Waals surface area contributed by atoms with Crippen LogP contribution in [-0.4, -0.2) is 25.4 Å². The van der Waals surface area contributed by atoms with Gasteiger partial charge in [-0.1, -0.05) is 17.7 Å². The van der Waals surface area contributed by atoms with Crippen LogP contribution in [0.25, 0.3) is 10.9 Å². The van der Waals surface area contributed by atoms with Gasteiger partial charge in [0.15, 0.2) is 0 Å². The molecule has 8 nitrogen and oxygen atoms in total. The van der Waals surface area contributed by atoms with Gasteiger partial charge in [-0.05, 0) is 64.3 Å². The maximum Gasteiger partial charge on any atom is 0.141 e. The lowest BCUT2D eigenvalue weighted by molar-refractivity contribution is 0.628. The highest BCUT2D eigenvalue weighted by molar-refractivity contribution is 9.10. The summed E-state index contributed by atoms with van der Waals surface area (Å²) in [4.78, 5) is 8.67. The van der Waals surface area contributed by atoms with E-state index < -0.39 is 5.82 Å². The summed E-state index contributed by atoms with van der Waals surface area (Å²) in [5, 5.41) is 28.0. The topological polar surface area (TPSA) is 115 Å². The number of aromatic nitrogens is 5. The van der Waals surface area contributed by atoms with Crippen molar-refractivity contribution in [1.29, 1.82) is 5.26 Å². The summed E-state index contributed by atoms with van der Waals surface area (Å²) >= 11 is 9.58. The first-order valence-electron chi connectivity index (χ1n) is 10.8. The molecule has 0 aliphatic rings. The van der Waals surface area contributed by atoms with E-state index in [-0.39, 0.29) is 11.1 Å². The minimum Gasteiger partial charge on any atom is -0.376 e. The molecule has 0 aliphatic heterocycles. The summed E-state index contributed by atoms with van der Waals surface area (Å²) in [6.45, 7) is 0. The van der Waals surface area contributed by atoms with Crippen LogP contribution in [0.2, 0.25) is 5.02 Å². The molecule has 3 N–H and O–H groups in total. The van der Waals surface area contributed by atoms with Gasteiger partial charge in [0.05, 0.1) is 34.0 Å². The predicted molar refractivity (Wildman–Crippen MR) is 140 cm³/mol. The van der Waals surface area contributed by atoms with Crippen LogP contribution in [-0.2, 0) is 6.42 Å². The van der Waals surface area contributed by atoms with E-state index in [1.54, 1.807) is 18.5 Å². The average Bonchev–Trinajstić information content (AvgIpc) is 3.42. The zero-order valence-corrected chi connectivity index (χ0v) is 20.8. The van der Waals surface area contributed by atoms with Crippen LogP contribution >= 0.6 is 27.5 Å². The van der Waals surface area contributed by atoms with Crippen molar-refractivity contribution in [2.75, 3.05) is 10.6 Å². The molecule has 0 aliphatic carbocycles. The van der Waals surface area contributed by atoms with Gasteiger partial charge in [0.25, 0.3) is 0 Å². The number of pyridine rings is 2. The lowest BCUT2D eigenvalue weighted by Gasteiger charge is -2.19. The third kappa shape index (κ3) is 4.98. The molecule has 1 atom stereocenters. The second-order valence-electron chi connectivity index (χ2n) is 7.92. The first kappa shape index (κ1) is 23.7. The van der Waals surface area contributed by atoms with E-state index in [1.807, 2.05) is 30.5 Å². The van der Waals surface area contributed by atoms with Gasteiger partial charge in [-0.3, -0.25) is 9.97 Å². The van der Waals surface area contributed by atoms with Crippen molar-refractivity contribution in [2.24, 2.45) is 0 Å². The fraction of sp³-hybridized carbons (Fsp3) is 0.0800. The minimum absolute atomic E-state index is 0.0220. The Bertz CT molecular complexity index is 1570. The Labute approximate surface area is 218 Å². The summed E-state index contributed by atoms with van der Waals surface area (Å²) in [6, 6.07) is 13.9. The third-order valence-corrected chi connectivity index (χ3v) is 6.42. The van der Waals surface area contributed by atoms with Crippen molar-refractivity contribution in [2.45, 2.75) is 12.5 Å². The van der Waals surface area contributed by atoms with Crippen LogP contribution in [0.1, 0.15) is 22.9 Å². The molecule has 0 amide bonds. The van der Waals surface area contributed by atoms with Gasteiger partial charge in [0, 0.05) is 39.8 Å². The number of benzene rings is 2. The van der Waals surface area contributed by atoms with Gasteiger partial charge in [-0.2, -0.15) is 20.7 Å². The van der Waals surface area contributed by atoms with Crippen molar-refractivity contribution in [3.05, 3.63) is 99.4 Å². The minimum atomic E-state index is -0.524. The molecular weight excluding hydrogens is 547 g/mol. The summed E-state index contributed by atoms with van der Waals surface area (Å²) in [6.07, 6.45) is 7.32. The Morgan fingerprint density at radius 3 is 2.75 bits per heavy atom. The van der Waals surface area contributed by atoms with Crippen LogP contribution in [0, 0.1) is 17.1 Å². The lowest BCUT2D eigenvalue weighted by Crippen LogP contribution is -2.14. The molecule has 0 radical (unpaired) electrons. The molecule has 178 valence electrons. The number of hydrogen-bond acceptors (Lipinski definition) is 7. The van der Waals surface area contributed by atoms with Gasteiger partial charge in [0.2, 0.25) is 0 Å². The van der Waals surface area contributed by atoms with Crippen molar-refractivity contribution in [1.82, 2.24) is 25.4 Å². The molecule has 0 fully saturated rings. The second kappa shape index (κ2) is 10.3. The van der Waals surface area contributed by atoms with Crippen molar-refractivity contribution >= 4 is 55.5 Å². The molecular formula is C25H17BrClFN8. The van der Waals surface area contributed by atoms with Gasteiger partial charge in [0.1, 0.15) is 17.6 Å².